The zero-order valence-electron chi connectivity index (χ0n) is 8.58. The molecule has 0 aromatic rings. The van der Waals surface area contributed by atoms with Gasteiger partial charge in [0.25, 0.3) is 0 Å². The summed E-state index contributed by atoms with van der Waals surface area (Å²) in [6, 6.07) is 0. The summed E-state index contributed by atoms with van der Waals surface area (Å²) in [6.45, 7) is 0. The minimum atomic E-state index is 1.12. The maximum absolute atomic E-state index is 1.58. The average molecular weight is 222 g/mol. The van der Waals surface area contributed by atoms with Gasteiger partial charge in [-0.3, -0.25) is 0 Å². The molecule has 0 bridgehead atoms. The van der Waals surface area contributed by atoms with E-state index in [0.717, 1.165) is 9.63 Å². The standard InChI is InChI=1S/2C6H11.Fe/c2*1-2-4-6-5-3-1;/h2*1H,2-6H2;. The molecular formula is C12H22Fe. The molecule has 1 heteroatoms. The number of hydrogen-bond acceptors (Lipinski definition) is 0. The Morgan fingerprint density at radius 3 is 1.31 bits per heavy atom. The van der Waals surface area contributed by atoms with Crippen molar-refractivity contribution in [2.24, 2.45) is 0 Å². The van der Waals surface area contributed by atoms with E-state index in [4.69, 9.17) is 0 Å². The van der Waals surface area contributed by atoms with Gasteiger partial charge in [-0.2, -0.15) is 0 Å². The van der Waals surface area contributed by atoms with Crippen LogP contribution in [0, 0.1) is 0 Å². The zero-order chi connectivity index (χ0) is 8.93. The quantitative estimate of drug-likeness (QED) is 0.600. The normalized spacial score (nSPS) is 28.0. The summed E-state index contributed by atoms with van der Waals surface area (Å²) in [5.74, 6) is 0. The van der Waals surface area contributed by atoms with E-state index in [2.05, 4.69) is 0 Å². The van der Waals surface area contributed by atoms with Crippen molar-refractivity contribution in [3.05, 3.63) is 0 Å². The van der Waals surface area contributed by atoms with Gasteiger partial charge in [0, 0.05) is 0 Å². The average Bonchev–Trinajstić information content (AvgIpc) is 2.21. The van der Waals surface area contributed by atoms with E-state index in [1.807, 2.05) is 0 Å². The van der Waals surface area contributed by atoms with Crippen LogP contribution < -0.4 is 0 Å². The van der Waals surface area contributed by atoms with Gasteiger partial charge in [0.1, 0.15) is 0 Å². The molecule has 0 aromatic heterocycles. The Bertz CT molecular complexity index is 116. The van der Waals surface area contributed by atoms with Crippen LogP contribution in [-0.4, -0.2) is 0 Å². The van der Waals surface area contributed by atoms with Crippen LogP contribution in [0.1, 0.15) is 64.2 Å². The van der Waals surface area contributed by atoms with Crippen molar-refractivity contribution in [2.45, 2.75) is 73.8 Å². The van der Waals surface area contributed by atoms with Gasteiger partial charge in [0.15, 0.2) is 0 Å². The zero-order valence-corrected chi connectivity index (χ0v) is 9.68. The van der Waals surface area contributed by atoms with Crippen LogP contribution in [-0.2, 0) is 15.0 Å². The second kappa shape index (κ2) is 5.41. The summed E-state index contributed by atoms with van der Waals surface area (Å²) >= 11 is 1.58. The minimum absolute atomic E-state index is 1.12. The van der Waals surface area contributed by atoms with Crippen LogP contribution in [0.3, 0.4) is 0 Å². The van der Waals surface area contributed by atoms with E-state index in [9.17, 15) is 0 Å². The van der Waals surface area contributed by atoms with E-state index in [1.54, 1.807) is 40.6 Å². The molecule has 2 saturated carbocycles. The van der Waals surface area contributed by atoms with Crippen molar-refractivity contribution >= 4 is 0 Å². The van der Waals surface area contributed by atoms with E-state index < -0.39 is 0 Å². The van der Waals surface area contributed by atoms with Gasteiger partial charge >= 0.3 is 88.8 Å². The first kappa shape index (κ1) is 10.1. The summed E-state index contributed by atoms with van der Waals surface area (Å²) in [4.78, 5) is 2.24. The first-order chi connectivity index (χ1) is 6.45. The van der Waals surface area contributed by atoms with E-state index in [1.165, 1.54) is 38.5 Å². The molecule has 0 unspecified atom stereocenters. The molecule has 2 rings (SSSR count). The Morgan fingerprint density at radius 1 is 0.538 bits per heavy atom. The van der Waals surface area contributed by atoms with Gasteiger partial charge in [0.05, 0.1) is 0 Å². The van der Waals surface area contributed by atoms with Crippen molar-refractivity contribution < 1.29 is 15.0 Å². The Labute approximate surface area is 89.0 Å². The van der Waals surface area contributed by atoms with Crippen LogP contribution in [0.25, 0.3) is 0 Å². The fraction of sp³-hybridized carbons (Fsp3) is 1.00. The summed E-state index contributed by atoms with van der Waals surface area (Å²) in [5.41, 5.74) is 0. The molecule has 0 N–H and O–H groups in total. The molecule has 0 heterocycles. The predicted molar refractivity (Wildman–Crippen MR) is 53.7 cm³/mol. The van der Waals surface area contributed by atoms with Crippen molar-refractivity contribution in [1.82, 2.24) is 0 Å². The second-order valence-electron chi connectivity index (χ2n) is 4.55. The van der Waals surface area contributed by atoms with Crippen molar-refractivity contribution in [2.75, 3.05) is 0 Å². The van der Waals surface area contributed by atoms with Gasteiger partial charge in [-0.1, -0.05) is 0 Å². The maximum atomic E-state index is 1.58. The van der Waals surface area contributed by atoms with Gasteiger partial charge in [-0.25, -0.2) is 0 Å². The predicted octanol–water partition coefficient (Wildman–Crippen LogP) is 4.57. The molecule has 0 spiro atoms. The van der Waals surface area contributed by atoms with Crippen LogP contribution in [0.4, 0.5) is 0 Å². The molecule has 2 aliphatic rings. The molecule has 0 radical (unpaired) electrons. The fourth-order valence-electron chi connectivity index (χ4n) is 2.56. The summed E-state index contributed by atoms with van der Waals surface area (Å²) in [6.07, 6.45) is 15.3. The monoisotopic (exact) mass is 222 g/mol. The van der Waals surface area contributed by atoms with Gasteiger partial charge < -0.3 is 0 Å². The molecule has 0 nitrogen and oxygen atoms in total. The van der Waals surface area contributed by atoms with E-state index in [-0.39, 0.29) is 0 Å². The molecule has 0 saturated heterocycles. The molecule has 2 aliphatic carbocycles. The summed E-state index contributed by atoms with van der Waals surface area (Å²) in [5, 5.41) is 0. The van der Waals surface area contributed by atoms with Crippen LogP contribution >= 0.6 is 0 Å². The molecule has 0 aliphatic heterocycles. The SMILES string of the molecule is C1CC[CH]([Fe][CH]2CCCCC2)CC1. The Kier molecular flexibility index (Phi) is 4.19. The first-order valence-electron chi connectivity index (χ1n) is 6.04. The third-order valence-corrected chi connectivity index (χ3v) is 5.69. The number of hydrogen-bond donors (Lipinski definition) is 0. The molecule has 13 heavy (non-hydrogen) atoms. The first-order valence-corrected chi connectivity index (χ1v) is 7.32. The Morgan fingerprint density at radius 2 is 0.923 bits per heavy atom. The van der Waals surface area contributed by atoms with E-state index in [0.29, 0.717) is 0 Å². The van der Waals surface area contributed by atoms with Crippen LogP contribution in [0.5, 0.6) is 0 Å². The van der Waals surface area contributed by atoms with Gasteiger partial charge in [-0.05, 0) is 0 Å². The van der Waals surface area contributed by atoms with E-state index >= 15 is 0 Å². The van der Waals surface area contributed by atoms with Gasteiger partial charge in [-0.15, -0.1) is 0 Å². The van der Waals surface area contributed by atoms with Gasteiger partial charge in [0.2, 0.25) is 0 Å². The summed E-state index contributed by atoms with van der Waals surface area (Å²) in [7, 11) is 0. The molecule has 0 aromatic carbocycles. The second-order valence-corrected chi connectivity index (χ2v) is 6.72. The van der Waals surface area contributed by atoms with Crippen molar-refractivity contribution in [3.8, 4) is 0 Å². The van der Waals surface area contributed by atoms with Crippen molar-refractivity contribution in [1.29, 1.82) is 0 Å². The molecule has 0 atom stereocenters. The van der Waals surface area contributed by atoms with Crippen molar-refractivity contribution in [3.63, 3.8) is 0 Å². The molecule has 78 valence electrons. The Hall–Kier alpha value is 0.519. The fourth-order valence-corrected chi connectivity index (χ4v) is 4.93. The Balaban J connectivity index is 1.69. The molecule has 0 amide bonds. The topological polar surface area (TPSA) is 0 Å². The third-order valence-electron chi connectivity index (χ3n) is 3.37. The van der Waals surface area contributed by atoms with Crippen LogP contribution in [0.15, 0.2) is 0 Å². The third kappa shape index (κ3) is 3.29. The molecule has 2 fully saturated rings. The molecular weight excluding hydrogens is 200 g/mol. The number of rotatable bonds is 2. The van der Waals surface area contributed by atoms with Crippen LogP contribution in [0.2, 0.25) is 9.63 Å². The summed E-state index contributed by atoms with van der Waals surface area (Å²) < 4.78 is 0.